The lowest BCUT2D eigenvalue weighted by atomic mass is 10.1. The van der Waals surface area contributed by atoms with E-state index >= 15 is 0 Å². The quantitative estimate of drug-likeness (QED) is 0.728. The number of sulfonamides is 1. The van der Waals surface area contributed by atoms with Gasteiger partial charge in [0.25, 0.3) is 5.91 Å². The molecular weight excluding hydrogens is 410 g/mol. The van der Waals surface area contributed by atoms with Crippen molar-refractivity contribution in [3.05, 3.63) is 54.0 Å². The fourth-order valence-corrected chi connectivity index (χ4v) is 5.16. The van der Waals surface area contributed by atoms with Crippen LogP contribution in [0.4, 0.5) is 5.69 Å². The molecule has 2 saturated heterocycles. The molecule has 0 bridgehead atoms. The molecule has 0 saturated carbocycles. The third kappa shape index (κ3) is 4.25. The number of anilines is 1. The van der Waals surface area contributed by atoms with E-state index in [0.29, 0.717) is 19.8 Å². The maximum atomic E-state index is 12.8. The summed E-state index contributed by atoms with van der Waals surface area (Å²) in [6.45, 7) is 3.01. The van der Waals surface area contributed by atoms with E-state index in [9.17, 15) is 18.0 Å². The smallest absolute Gasteiger partial charge is 0.251 e. The van der Waals surface area contributed by atoms with Crippen molar-refractivity contribution in [3.8, 4) is 0 Å². The molecule has 1 N–H and O–H groups in total. The van der Waals surface area contributed by atoms with Crippen LogP contribution in [0.25, 0.3) is 0 Å². The van der Waals surface area contributed by atoms with Gasteiger partial charge in [-0.25, -0.2) is 12.7 Å². The van der Waals surface area contributed by atoms with E-state index in [-0.39, 0.29) is 35.4 Å². The molecule has 0 radical (unpaired) electrons. The Morgan fingerprint density at radius 3 is 2.63 bits per heavy atom. The Bertz CT molecular complexity index is 1010. The summed E-state index contributed by atoms with van der Waals surface area (Å²) in [7, 11) is -3.68. The molecular formula is C20H23N3O6S. The minimum atomic E-state index is -3.68. The molecule has 2 fully saturated rings. The molecule has 0 aliphatic carbocycles. The number of carbonyl (C=O) groups is 2. The first-order valence-electron chi connectivity index (χ1n) is 9.75. The molecule has 30 heavy (non-hydrogen) atoms. The van der Waals surface area contributed by atoms with Crippen LogP contribution in [0.1, 0.15) is 28.6 Å². The highest BCUT2D eigenvalue weighted by Crippen LogP contribution is 2.26. The predicted octanol–water partition coefficient (Wildman–Crippen LogP) is 1.15. The second kappa shape index (κ2) is 8.58. The van der Waals surface area contributed by atoms with Crippen molar-refractivity contribution in [2.45, 2.75) is 12.5 Å². The zero-order valence-electron chi connectivity index (χ0n) is 16.3. The number of nitrogens with one attached hydrogen (secondary N) is 1. The monoisotopic (exact) mass is 433 g/mol. The molecule has 1 aromatic heterocycles. The average molecular weight is 433 g/mol. The summed E-state index contributed by atoms with van der Waals surface area (Å²) in [6, 6.07) is 9.62. The number of hydrogen-bond donors (Lipinski definition) is 1. The van der Waals surface area contributed by atoms with Gasteiger partial charge < -0.3 is 14.5 Å². The maximum absolute atomic E-state index is 12.8. The number of carbonyl (C=O) groups excluding carboxylic acids is 2. The van der Waals surface area contributed by atoms with Gasteiger partial charge in [0.15, 0.2) is 0 Å². The Balaban J connectivity index is 1.49. The number of rotatable bonds is 6. The first-order chi connectivity index (χ1) is 14.5. The first-order valence-corrected chi connectivity index (χ1v) is 11.4. The van der Waals surface area contributed by atoms with E-state index in [1.54, 1.807) is 18.4 Å². The lowest BCUT2D eigenvalue weighted by Gasteiger charge is -2.33. The molecule has 10 heteroatoms. The molecule has 9 nitrogen and oxygen atoms in total. The van der Waals surface area contributed by atoms with Crippen molar-refractivity contribution in [2.24, 2.45) is 0 Å². The average Bonchev–Trinajstić information content (AvgIpc) is 3.37. The first kappa shape index (κ1) is 20.6. The normalized spacial score (nSPS) is 20.3. The molecule has 160 valence electrons. The van der Waals surface area contributed by atoms with Crippen LogP contribution in [-0.4, -0.2) is 63.7 Å². The van der Waals surface area contributed by atoms with Gasteiger partial charge in [0, 0.05) is 31.6 Å². The van der Waals surface area contributed by atoms with Gasteiger partial charge in [-0.1, -0.05) is 6.07 Å². The van der Waals surface area contributed by atoms with Gasteiger partial charge in [-0.3, -0.25) is 14.5 Å². The topological polar surface area (TPSA) is 109 Å². The summed E-state index contributed by atoms with van der Waals surface area (Å²) in [5.41, 5.74) is 0.462. The van der Waals surface area contributed by atoms with Crippen LogP contribution in [0.15, 0.2) is 47.1 Å². The number of hydrogen-bond acceptors (Lipinski definition) is 7. The van der Waals surface area contributed by atoms with E-state index in [1.807, 2.05) is 12.1 Å². The van der Waals surface area contributed by atoms with Crippen molar-refractivity contribution >= 4 is 27.5 Å². The van der Waals surface area contributed by atoms with Gasteiger partial charge >= 0.3 is 0 Å². The standard InChI is InChI=1S/C20H23N3O6S/c24-19-6-12-30(26,27)23(19)16-4-1-3-15(13-16)20(25)21-14-17(18-5-2-9-29-18)22-7-10-28-11-8-22/h1-5,9,13,17H,6-8,10-12,14H2,(H,21,25). The second-order valence-corrected chi connectivity index (χ2v) is 9.10. The zero-order chi connectivity index (χ0) is 21.1. The molecule has 4 rings (SSSR count). The van der Waals surface area contributed by atoms with E-state index in [2.05, 4.69) is 10.2 Å². The fraction of sp³-hybridized carbons (Fsp3) is 0.400. The predicted molar refractivity (Wildman–Crippen MR) is 109 cm³/mol. The third-order valence-electron chi connectivity index (χ3n) is 5.24. The van der Waals surface area contributed by atoms with E-state index in [0.717, 1.165) is 23.2 Å². The second-order valence-electron chi connectivity index (χ2n) is 7.16. The number of nitrogens with zero attached hydrogens (tertiary/aromatic N) is 2. The summed E-state index contributed by atoms with van der Waals surface area (Å²) in [5.74, 6) is -0.310. The lowest BCUT2D eigenvalue weighted by Crippen LogP contribution is -2.43. The molecule has 1 aromatic carbocycles. The van der Waals surface area contributed by atoms with Gasteiger partial charge in [-0.2, -0.15) is 0 Å². The van der Waals surface area contributed by atoms with Gasteiger partial charge in [-0.15, -0.1) is 0 Å². The Morgan fingerprint density at radius 2 is 1.97 bits per heavy atom. The van der Waals surface area contributed by atoms with Crippen molar-refractivity contribution in [1.82, 2.24) is 10.2 Å². The molecule has 2 aliphatic heterocycles. The number of amides is 2. The van der Waals surface area contributed by atoms with Crippen LogP contribution >= 0.6 is 0 Å². The van der Waals surface area contributed by atoms with Crippen molar-refractivity contribution in [1.29, 1.82) is 0 Å². The molecule has 2 amide bonds. The fourth-order valence-electron chi connectivity index (χ4n) is 3.71. The molecule has 1 atom stereocenters. The minimum Gasteiger partial charge on any atom is -0.468 e. The minimum absolute atomic E-state index is 0.0524. The largest absolute Gasteiger partial charge is 0.468 e. The molecule has 1 unspecified atom stereocenters. The number of furan rings is 1. The Kier molecular flexibility index (Phi) is 5.89. The van der Waals surface area contributed by atoms with Crippen LogP contribution in [0.3, 0.4) is 0 Å². The number of morpholine rings is 1. The van der Waals surface area contributed by atoms with Crippen LogP contribution in [0.2, 0.25) is 0 Å². The van der Waals surface area contributed by atoms with Crippen LogP contribution in [0.5, 0.6) is 0 Å². The molecule has 3 heterocycles. The Morgan fingerprint density at radius 1 is 1.17 bits per heavy atom. The van der Waals surface area contributed by atoms with Gasteiger partial charge in [-0.05, 0) is 30.3 Å². The van der Waals surface area contributed by atoms with Gasteiger partial charge in [0.2, 0.25) is 15.9 Å². The third-order valence-corrected chi connectivity index (χ3v) is 6.93. The summed E-state index contributed by atoms with van der Waals surface area (Å²) in [4.78, 5) is 27.0. The number of benzene rings is 1. The maximum Gasteiger partial charge on any atom is 0.251 e. The van der Waals surface area contributed by atoms with E-state index < -0.39 is 15.9 Å². The SMILES string of the molecule is O=C(NCC(c1ccco1)N1CCOCC1)c1cccc(N2C(=O)CCS2(=O)=O)c1. The Labute approximate surface area is 174 Å². The van der Waals surface area contributed by atoms with Crippen LogP contribution in [-0.2, 0) is 19.6 Å². The van der Waals surface area contributed by atoms with Crippen molar-refractivity contribution < 1.29 is 27.2 Å². The number of ether oxygens (including phenoxy) is 1. The highest BCUT2D eigenvalue weighted by atomic mass is 32.2. The molecule has 2 aliphatic rings. The highest BCUT2D eigenvalue weighted by Gasteiger charge is 2.36. The summed E-state index contributed by atoms with van der Waals surface area (Å²) < 4.78 is 36.1. The molecule has 2 aromatic rings. The van der Waals surface area contributed by atoms with Crippen molar-refractivity contribution in [3.63, 3.8) is 0 Å². The van der Waals surface area contributed by atoms with E-state index in [1.165, 1.54) is 12.1 Å². The lowest BCUT2D eigenvalue weighted by molar-refractivity contribution is -0.116. The highest BCUT2D eigenvalue weighted by molar-refractivity contribution is 7.94. The van der Waals surface area contributed by atoms with Gasteiger partial charge in [0.05, 0.1) is 37.0 Å². The summed E-state index contributed by atoms with van der Waals surface area (Å²) in [6.07, 6.45) is 1.55. The summed E-state index contributed by atoms with van der Waals surface area (Å²) >= 11 is 0. The van der Waals surface area contributed by atoms with Gasteiger partial charge in [0.1, 0.15) is 5.76 Å². The summed E-state index contributed by atoms with van der Waals surface area (Å²) in [5, 5.41) is 2.90. The van der Waals surface area contributed by atoms with E-state index in [4.69, 9.17) is 9.15 Å². The van der Waals surface area contributed by atoms with Crippen LogP contribution in [0, 0.1) is 0 Å². The zero-order valence-corrected chi connectivity index (χ0v) is 17.1. The van der Waals surface area contributed by atoms with Crippen LogP contribution < -0.4 is 9.62 Å². The Hall–Kier alpha value is -2.69. The molecule has 0 spiro atoms. The van der Waals surface area contributed by atoms with Crippen molar-refractivity contribution in [2.75, 3.05) is 42.9 Å².